The zero-order chi connectivity index (χ0) is 21.3. The van der Waals surface area contributed by atoms with Gasteiger partial charge in [0.2, 0.25) is 0 Å². The van der Waals surface area contributed by atoms with Gasteiger partial charge in [0.15, 0.2) is 0 Å². The second-order valence-electron chi connectivity index (χ2n) is 7.69. The van der Waals surface area contributed by atoms with Crippen molar-refractivity contribution in [2.45, 2.75) is 44.6 Å². The fraction of sp³-hybridized carbons (Fsp3) is 0.333. The van der Waals surface area contributed by atoms with Gasteiger partial charge in [0.25, 0.3) is 0 Å². The molecule has 0 saturated heterocycles. The van der Waals surface area contributed by atoms with Crippen LogP contribution in [0.4, 0.5) is 0 Å². The molecular formula is C21H30N2O4Si. The number of nitrogens with two attached hydrogens (primary N) is 2. The smallest absolute Gasteiger partial charge is 0.320 e. The highest BCUT2D eigenvalue weighted by atomic mass is 28.3. The van der Waals surface area contributed by atoms with Crippen LogP contribution in [0.5, 0.6) is 0 Å². The summed E-state index contributed by atoms with van der Waals surface area (Å²) in [5.41, 5.74) is 13.0. The van der Waals surface area contributed by atoms with E-state index in [1.54, 1.807) is 0 Å². The second kappa shape index (κ2) is 10.7. The van der Waals surface area contributed by atoms with Crippen molar-refractivity contribution >= 4 is 25.2 Å². The number of hydrogen-bond donors (Lipinski definition) is 4. The zero-order valence-corrected chi connectivity index (χ0v) is 17.6. The van der Waals surface area contributed by atoms with E-state index in [1.165, 1.54) is 5.19 Å². The van der Waals surface area contributed by atoms with E-state index in [4.69, 9.17) is 21.7 Å². The molecule has 0 fully saturated rings. The first-order valence-electron chi connectivity index (χ1n) is 9.11. The Morgan fingerprint density at radius 2 is 1.29 bits per heavy atom. The molecule has 0 aliphatic heterocycles. The van der Waals surface area contributed by atoms with Crippen molar-refractivity contribution in [1.82, 2.24) is 0 Å². The van der Waals surface area contributed by atoms with Crippen LogP contribution < -0.4 is 16.7 Å². The van der Waals surface area contributed by atoms with E-state index in [1.807, 2.05) is 48.5 Å². The van der Waals surface area contributed by atoms with Gasteiger partial charge in [-0.3, -0.25) is 9.59 Å². The summed E-state index contributed by atoms with van der Waals surface area (Å²) in [6.45, 7) is 6.74. The van der Waals surface area contributed by atoms with Crippen LogP contribution in [0.25, 0.3) is 0 Å². The van der Waals surface area contributed by atoms with E-state index in [9.17, 15) is 9.59 Å². The lowest BCUT2D eigenvalue weighted by Crippen LogP contribution is -2.42. The molecule has 0 aliphatic rings. The van der Waals surface area contributed by atoms with Gasteiger partial charge in [-0.05, 0) is 24.0 Å². The molecule has 2 aromatic carbocycles. The largest absolute Gasteiger partial charge is 0.480 e. The van der Waals surface area contributed by atoms with E-state index >= 15 is 0 Å². The van der Waals surface area contributed by atoms with Gasteiger partial charge in [0, 0.05) is 0 Å². The van der Waals surface area contributed by atoms with Gasteiger partial charge < -0.3 is 21.7 Å². The number of benzene rings is 2. The van der Waals surface area contributed by atoms with E-state index in [2.05, 4.69) is 25.7 Å². The fourth-order valence-electron chi connectivity index (χ4n) is 2.71. The summed E-state index contributed by atoms with van der Waals surface area (Å²) in [5, 5.41) is 18.6. The number of carboxylic acid groups (broad SMARTS) is 2. The summed E-state index contributed by atoms with van der Waals surface area (Å²) in [6, 6.07) is 15.8. The third kappa shape index (κ3) is 8.04. The number of hydrogen-bond acceptors (Lipinski definition) is 4. The van der Waals surface area contributed by atoms with Gasteiger partial charge in [-0.25, -0.2) is 0 Å². The minimum Gasteiger partial charge on any atom is -0.480 e. The maximum Gasteiger partial charge on any atom is 0.320 e. The van der Waals surface area contributed by atoms with Crippen molar-refractivity contribution in [3.8, 4) is 0 Å². The van der Waals surface area contributed by atoms with E-state index in [0.717, 1.165) is 11.1 Å². The average molecular weight is 403 g/mol. The summed E-state index contributed by atoms with van der Waals surface area (Å²) in [7, 11) is -1.43. The Kier molecular flexibility index (Phi) is 9.04. The van der Waals surface area contributed by atoms with Crippen molar-refractivity contribution in [1.29, 1.82) is 0 Å². The fourth-order valence-corrected chi connectivity index (χ4v) is 4.45. The van der Waals surface area contributed by atoms with Gasteiger partial charge in [0.1, 0.15) is 12.1 Å². The first-order chi connectivity index (χ1) is 13.0. The molecule has 6 N–H and O–H groups in total. The predicted octanol–water partition coefficient (Wildman–Crippen LogP) is 1.83. The van der Waals surface area contributed by atoms with Crippen LogP contribution >= 0.6 is 0 Å². The van der Waals surface area contributed by atoms with Crippen molar-refractivity contribution in [2.75, 3.05) is 0 Å². The van der Waals surface area contributed by atoms with Crippen LogP contribution in [0.15, 0.2) is 54.6 Å². The lowest BCUT2D eigenvalue weighted by atomic mass is 10.1. The summed E-state index contributed by atoms with van der Waals surface area (Å²) in [6.07, 6.45) is 0.798. The van der Waals surface area contributed by atoms with Gasteiger partial charge in [0.05, 0.1) is 8.07 Å². The van der Waals surface area contributed by atoms with Gasteiger partial charge in [-0.2, -0.15) is 0 Å². The van der Waals surface area contributed by atoms with Crippen LogP contribution in [-0.2, 0) is 22.4 Å². The molecule has 28 heavy (non-hydrogen) atoms. The average Bonchev–Trinajstić information content (AvgIpc) is 2.62. The summed E-state index contributed by atoms with van der Waals surface area (Å²) in [4.78, 5) is 21.1. The zero-order valence-electron chi connectivity index (χ0n) is 16.6. The lowest BCUT2D eigenvalue weighted by molar-refractivity contribution is -0.139. The van der Waals surface area contributed by atoms with Gasteiger partial charge in [-0.1, -0.05) is 79.4 Å². The molecule has 0 saturated carbocycles. The molecule has 6 nitrogen and oxygen atoms in total. The Hall–Kier alpha value is -2.48. The highest BCUT2D eigenvalue weighted by molar-refractivity contribution is 6.89. The maximum absolute atomic E-state index is 10.8. The number of carbonyl (C=O) groups is 2. The molecule has 7 heteroatoms. The molecule has 0 aliphatic carbocycles. The Morgan fingerprint density at radius 3 is 1.79 bits per heavy atom. The number of aliphatic carboxylic acids is 2. The molecule has 2 atom stereocenters. The molecule has 0 amide bonds. The molecule has 0 heterocycles. The third-order valence-electron chi connectivity index (χ3n) is 4.20. The number of carboxylic acids is 2. The number of rotatable bonds is 7. The van der Waals surface area contributed by atoms with E-state index in [-0.39, 0.29) is 0 Å². The van der Waals surface area contributed by atoms with Crippen molar-refractivity contribution in [3.05, 3.63) is 65.7 Å². The standard InChI is InChI=1S/C12H19NO2Si.C9H11NO2/c1-16(2,3)11-7-5-4-6-9(11)8-10(13)12(14)15;10-8(9(11)12)6-7-4-2-1-3-5-7/h4-7,10H,8,13H2,1-3H3,(H,14,15);1-5,8H,6,10H2,(H,11,12)/t10-;8-/m00/s1. The molecule has 2 aromatic rings. The van der Waals surface area contributed by atoms with Crippen LogP contribution in [0.3, 0.4) is 0 Å². The summed E-state index contributed by atoms with van der Waals surface area (Å²) >= 11 is 0. The molecule has 0 unspecified atom stereocenters. The van der Waals surface area contributed by atoms with Gasteiger partial charge >= 0.3 is 11.9 Å². The maximum atomic E-state index is 10.8. The lowest BCUT2D eigenvalue weighted by Gasteiger charge is -2.21. The quantitative estimate of drug-likeness (QED) is 0.523. The van der Waals surface area contributed by atoms with Crippen LogP contribution in [0.2, 0.25) is 19.6 Å². The topological polar surface area (TPSA) is 127 Å². The Labute approximate surface area is 167 Å². The summed E-state index contributed by atoms with van der Waals surface area (Å²) in [5.74, 6) is -1.90. The van der Waals surface area contributed by atoms with Crippen LogP contribution in [-0.4, -0.2) is 42.3 Å². The Balaban J connectivity index is 0.000000292. The van der Waals surface area contributed by atoms with Crippen LogP contribution in [0, 0.1) is 0 Å². The predicted molar refractivity (Wildman–Crippen MR) is 114 cm³/mol. The molecule has 0 spiro atoms. The molecule has 0 bridgehead atoms. The minimum atomic E-state index is -1.43. The minimum absolute atomic E-state index is 0.385. The molecule has 0 radical (unpaired) electrons. The molecule has 152 valence electrons. The van der Waals surface area contributed by atoms with Crippen LogP contribution in [0.1, 0.15) is 11.1 Å². The summed E-state index contributed by atoms with van der Waals surface area (Å²) < 4.78 is 0. The highest BCUT2D eigenvalue weighted by Crippen LogP contribution is 2.09. The molecular weight excluding hydrogens is 372 g/mol. The monoisotopic (exact) mass is 402 g/mol. The van der Waals surface area contributed by atoms with E-state index in [0.29, 0.717) is 12.8 Å². The van der Waals surface area contributed by atoms with Crippen molar-refractivity contribution in [2.24, 2.45) is 11.5 Å². The molecule has 2 rings (SSSR count). The second-order valence-corrected chi connectivity index (χ2v) is 12.7. The molecule has 0 aromatic heterocycles. The first kappa shape index (κ1) is 23.6. The normalized spacial score (nSPS) is 13.0. The highest BCUT2D eigenvalue weighted by Gasteiger charge is 2.22. The Bertz CT molecular complexity index is 775. The first-order valence-corrected chi connectivity index (χ1v) is 12.6. The van der Waals surface area contributed by atoms with E-state index < -0.39 is 32.1 Å². The third-order valence-corrected chi connectivity index (χ3v) is 6.30. The van der Waals surface area contributed by atoms with Crippen molar-refractivity contribution in [3.63, 3.8) is 0 Å². The van der Waals surface area contributed by atoms with Gasteiger partial charge in [-0.15, -0.1) is 0 Å². The SMILES string of the molecule is C[Si](C)(C)c1ccccc1C[C@H](N)C(=O)O.N[C@@H](Cc1ccccc1)C(=O)O. The van der Waals surface area contributed by atoms with Crippen molar-refractivity contribution < 1.29 is 19.8 Å². The Morgan fingerprint density at radius 1 is 0.821 bits per heavy atom.